The Morgan fingerprint density at radius 2 is 2.33 bits per heavy atom. The van der Waals surface area contributed by atoms with Gasteiger partial charge in [0.25, 0.3) is 0 Å². The Hall–Kier alpha value is -1.86. The van der Waals surface area contributed by atoms with Crippen molar-refractivity contribution < 1.29 is 4.79 Å². The molecule has 0 spiro atoms. The SMILES string of the molecule is N#Cc1ccc2c(c1)CC[C@H](N)C(=O)N2. The summed E-state index contributed by atoms with van der Waals surface area (Å²) in [4.78, 5) is 11.4. The van der Waals surface area contributed by atoms with Crippen LogP contribution in [0.15, 0.2) is 18.2 Å². The number of nitriles is 1. The molecule has 4 heteroatoms. The normalized spacial score (nSPS) is 19.7. The number of carbonyl (C=O) groups is 1. The van der Waals surface area contributed by atoms with E-state index >= 15 is 0 Å². The molecule has 15 heavy (non-hydrogen) atoms. The quantitative estimate of drug-likeness (QED) is 0.650. The Morgan fingerprint density at radius 3 is 3.07 bits per heavy atom. The number of hydrogen-bond acceptors (Lipinski definition) is 3. The first-order chi connectivity index (χ1) is 7.20. The Labute approximate surface area is 87.7 Å². The van der Waals surface area contributed by atoms with Crippen molar-refractivity contribution in [3.63, 3.8) is 0 Å². The van der Waals surface area contributed by atoms with Crippen LogP contribution in [-0.2, 0) is 11.2 Å². The maximum atomic E-state index is 11.4. The number of rotatable bonds is 0. The summed E-state index contributed by atoms with van der Waals surface area (Å²) in [5.41, 5.74) is 8.01. The van der Waals surface area contributed by atoms with E-state index in [1.54, 1.807) is 18.2 Å². The average Bonchev–Trinajstić information content (AvgIpc) is 2.39. The van der Waals surface area contributed by atoms with E-state index in [0.29, 0.717) is 12.0 Å². The van der Waals surface area contributed by atoms with Crippen molar-refractivity contribution in [2.45, 2.75) is 18.9 Å². The lowest BCUT2D eigenvalue weighted by Crippen LogP contribution is -2.34. The third-order valence-electron chi connectivity index (χ3n) is 2.55. The smallest absolute Gasteiger partial charge is 0.241 e. The van der Waals surface area contributed by atoms with Crippen LogP contribution in [0, 0.1) is 11.3 Å². The van der Waals surface area contributed by atoms with Gasteiger partial charge in [0.05, 0.1) is 17.7 Å². The molecule has 2 rings (SSSR count). The lowest BCUT2D eigenvalue weighted by molar-refractivity contribution is -0.117. The number of benzene rings is 1. The zero-order valence-corrected chi connectivity index (χ0v) is 8.16. The average molecular weight is 201 g/mol. The van der Waals surface area contributed by atoms with Gasteiger partial charge in [0, 0.05) is 5.69 Å². The van der Waals surface area contributed by atoms with Crippen LogP contribution >= 0.6 is 0 Å². The van der Waals surface area contributed by atoms with E-state index in [4.69, 9.17) is 11.0 Å². The minimum atomic E-state index is -0.456. The lowest BCUT2D eigenvalue weighted by Gasteiger charge is -2.06. The first-order valence-electron chi connectivity index (χ1n) is 4.80. The number of aryl methyl sites for hydroxylation is 1. The van der Waals surface area contributed by atoms with Crippen LogP contribution in [0.1, 0.15) is 17.5 Å². The number of fused-ring (bicyclic) bond motifs is 1. The number of nitrogens with one attached hydrogen (secondary N) is 1. The third kappa shape index (κ3) is 1.83. The van der Waals surface area contributed by atoms with Crippen LogP contribution in [0.25, 0.3) is 0 Å². The van der Waals surface area contributed by atoms with Crippen molar-refractivity contribution in [3.8, 4) is 6.07 Å². The van der Waals surface area contributed by atoms with Crippen molar-refractivity contribution in [2.75, 3.05) is 5.32 Å². The van der Waals surface area contributed by atoms with Crippen molar-refractivity contribution in [2.24, 2.45) is 5.73 Å². The second-order valence-electron chi connectivity index (χ2n) is 3.62. The monoisotopic (exact) mass is 201 g/mol. The molecule has 0 aromatic heterocycles. The van der Waals surface area contributed by atoms with E-state index in [-0.39, 0.29) is 5.91 Å². The minimum absolute atomic E-state index is 0.154. The summed E-state index contributed by atoms with van der Waals surface area (Å²) in [5, 5.41) is 11.5. The molecular weight excluding hydrogens is 190 g/mol. The lowest BCUT2D eigenvalue weighted by atomic mass is 10.0. The summed E-state index contributed by atoms with van der Waals surface area (Å²) in [6.07, 6.45) is 1.35. The third-order valence-corrected chi connectivity index (χ3v) is 2.55. The predicted octanol–water partition coefficient (Wildman–Crippen LogP) is 0.770. The molecule has 1 heterocycles. The number of anilines is 1. The van der Waals surface area contributed by atoms with Crippen LogP contribution in [0.5, 0.6) is 0 Å². The highest BCUT2D eigenvalue weighted by Gasteiger charge is 2.19. The van der Waals surface area contributed by atoms with Gasteiger partial charge in [-0.3, -0.25) is 4.79 Å². The molecule has 0 radical (unpaired) electrons. The molecule has 1 aromatic rings. The molecule has 76 valence electrons. The maximum Gasteiger partial charge on any atom is 0.241 e. The van der Waals surface area contributed by atoms with Gasteiger partial charge in [0.2, 0.25) is 5.91 Å². The Kier molecular flexibility index (Phi) is 2.40. The summed E-state index contributed by atoms with van der Waals surface area (Å²) in [5.74, 6) is -0.154. The molecule has 3 N–H and O–H groups in total. The predicted molar refractivity (Wildman–Crippen MR) is 56.1 cm³/mol. The summed E-state index contributed by atoms with van der Waals surface area (Å²) >= 11 is 0. The zero-order valence-electron chi connectivity index (χ0n) is 8.16. The zero-order chi connectivity index (χ0) is 10.8. The fourth-order valence-corrected chi connectivity index (χ4v) is 1.66. The molecular formula is C11H11N3O. The molecule has 1 aliphatic rings. The van der Waals surface area contributed by atoms with E-state index in [1.165, 1.54) is 0 Å². The van der Waals surface area contributed by atoms with Gasteiger partial charge in [0.1, 0.15) is 0 Å². The van der Waals surface area contributed by atoms with Crippen molar-refractivity contribution in [1.29, 1.82) is 5.26 Å². The molecule has 0 unspecified atom stereocenters. The van der Waals surface area contributed by atoms with Crippen molar-refractivity contribution in [1.82, 2.24) is 0 Å². The number of amides is 1. The fourth-order valence-electron chi connectivity index (χ4n) is 1.66. The highest BCUT2D eigenvalue weighted by molar-refractivity contribution is 5.96. The van der Waals surface area contributed by atoms with Gasteiger partial charge in [0.15, 0.2) is 0 Å². The van der Waals surface area contributed by atoms with E-state index < -0.39 is 6.04 Å². The topological polar surface area (TPSA) is 78.9 Å². The van der Waals surface area contributed by atoms with Crippen LogP contribution in [0.3, 0.4) is 0 Å². The molecule has 1 aromatic carbocycles. The number of hydrogen-bond donors (Lipinski definition) is 2. The number of nitrogens with zero attached hydrogens (tertiary/aromatic N) is 1. The fraction of sp³-hybridized carbons (Fsp3) is 0.273. The molecule has 1 atom stereocenters. The van der Waals surface area contributed by atoms with Crippen molar-refractivity contribution >= 4 is 11.6 Å². The van der Waals surface area contributed by atoms with Gasteiger partial charge in [-0.2, -0.15) is 5.26 Å². The van der Waals surface area contributed by atoms with Gasteiger partial charge in [-0.05, 0) is 36.6 Å². The maximum absolute atomic E-state index is 11.4. The summed E-state index contributed by atoms with van der Waals surface area (Å²) < 4.78 is 0. The standard InChI is InChI=1S/C11H11N3O/c12-6-7-1-4-10-8(5-7)2-3-9(13)11(15)14-10/h1,4-5,9H,2-3,13H2,(H,14,15)/t9-/m0/s1. The number of nitrogens with two attached hydrogens (primary N) is 1. The second-order valence-corrected chi connectivity index (χ2v) is 3.62. The summed E-state index contributed by atoms with van der Waals surface area (Å²) in [7, 11) is 0. The molecule has 0 fully saturated rings. The van der Waals surface area contributed by atoms with Crippen molar-refractivity contribution in [3.05, 3.63) is 29.3 Å². The Bertz CT molecular complexity index is 448. The highest BCUT2D eigenvalue weighted by Crippen LogP contribution is 2.22. The first kappa shape index (κ1) is 9.69. The van der Waals surface area contributed by atoms with E-state index in [9.17, 15) is 4.79 Å². The van der Waals surface area contributed by atoms with Gasteiger partial charge >= 0.3 is 0 Å². The van der Waals surface area contributed by atoms with Gasteiger partial charge in [-0.15, -0.1) is 0 Å². The molecule has 4 nitrogen and oxygen atoms in total. The summed E-state index contributed by atoms with van der Waals surface area (Å²) in [6.45, 7) is 0. The molecule has 0 saturated heterocycles. The summed E-state index contributed by atoms with van der Waals surface area (Å²) in [6, 6.07) is 6.86. The largest absolute Gasteiger partial charge is 0.324 e. The van der Waals surface area contributed by atoms with Crippen LogP contribution in [0.4, 0.5) is 5.69 Å². The molecule has 0 saturated carbocycles. The highest BCUT2D eigenvalue weighted by atomic mass is 16.2. The van der Waals surface area contributed by atoms with E-state index in [2.05, 4.69) is 11.4 Å². The van der Waals surface area contributed by atoms with Crippen LogP contribution in [0.2, 0.25) is 0 Å². The Balaban J connectivity index is 2.39. The van der Waals surface area contributed by atoms with Gasteiger partial charge in [-0.1, -0.05) is 0 Å². The first-order valence-corrected chi connectivity index (χ1v) is 4.80. The van der Waals surface area contributed by atoms with Gasteiger partial charge in [-0.25, -0.2) is 0 Å². The van der Waals surface area contributed by atoms with Gasteiger partial charge < -0.3 is 11.1 Å². The number of carbonyl (C=O) groups excluding carboxylic acids is 1. The Morgan fingerprint density at radius 1 is 1.53 bits per heavy atom. The van der Waals surface area contributed by atoms with E-state index in [0.717, 1.165) is 17.7 Å². The molecule has 1 aliphatic heterocycles. The molecule has 1 amide bonds. The molecule has 0 aliphatic carbocycles. The minimum Gasteiger partial charge on any atom is -0.324 e. The molecule has 0 bridgehead atoms. The van der Waals surface area contributed by atoms with Crippen LogP contribution < -0.4 is 11.1 Å². The van der Waals surface area contributed by atoms with E-state index in [1.807, 2.05) is 0 Å². The second kappa shape index (κ2) is 3.71. The van der Waals surface area contributed by atoms with Crippen LogP contribution in [-0.4, -0.2) is 11.9 Å².